The van der Waals surface area contributed by atoms with E-state index in [4.69, 9.17) is 21.3 Å². The third-order valence-corrected chi connectivity index (χ3v) is 6.50. The Balaban J connectivity index is 2.06. The normalized spacial score (nSPS) is 12.1. The second kappa shape index (κ2) is 11.2. The Morgan fingerprint density at radius 3 is 2.29 bits per heavy atom. The maximum Gasteiger partial charge on any atom is 0.343 e. The Bertz CT molecular complexity index is 1190. The summed E-state index contributed by atoms with van der Waals surface area (Å²) >= 11 is 0. The number of aryl methyl sites for hydroxylation is 1. The van der Waals surface area contributed by atoms with E-state index in [1.54, 1.807) is 12.1 Å². The average Bonchev–Trinajstić information content (AvgIpc) is 2.75. The van der Waals surface area contributed by atoms with E-state index in [-0.39, 0.29) is 23.7 Å². The molecule has 0 saturated heterocycles. The second-order valence-corrected chi connectivity index (χ2v) is 9.30. The Morgan fingerprint density at radius 1 is 1.09 bits per heavy atom. The molecule has 1 atom stereocenters. The van der Waals surface area contributed by atoms with Gasteiger partial charge in [0.2, 0.25) is 10.0 Å². The minimum atomic E-state index is -4.09. The lowest BCUT2D eigenvalue weighted by Crippen LogP contribution is -2.44. The van der Waals surface area contributed by atoms with E-state index in [0.29, 0.717) is 15.6 Å². The molecule has 0 saturated carbocycles. The molecular formula is C21H24N4O8S. The quantitative estimate of drug-likeness (QED) is 0.148. The van der Waals surface area contributed by atoms with E-state index in [0.717, 1.165) is 7.05 Å². The molecule has 0 heterocycles. The molecule has 0 amide bonds. The molecule has 0 aliphatic carbocycles. The van der Waals surface area contributed by atoms with Crippen LogP contribution in [-0.4, -0.2) is 65.6 Å². The van der Waals surface area contributed by atoms with Gasteiger partial charge in [0.25, 0.3) is 0 Å². The van der Waals surface area contributed by atoms with E-state index < -0.39 is 46.1 Å². The highest BCUT2D eigenvalue weighted by Gasteiger charge is 2.33. The monoisotopic (exact) mass is 492 g/mol. The first-order chi connectivity index (χ1) is 15.9. The van der Waals surface area contributed by atoms with Crippen molar-refractivity contribution in [3.63, 3.8) is 0 Å². The van der Waals surface area contributed by atoms with Crippen LogP contribution in [0, 0.1) is 0 Å². The third-order valence-electron chi connectivity index (χ3n) is 4.65. The summed E-state index contributed by atoms with van der Waals surface area (Å²) in [6.45, 7) is 0. The van der Waals surface area contributed by atoms with Crippen LogP contribution in [0.4, 0.5) is 5.69 Å². The zero-order valence-electron chi connectivity index (χ0n) is 18.1. The highest BCUT2D eigenvalue weighted by Crippen LogP contribution is 2.19. The molecule has 12 nitrogen and oxygen atoms in total. The molecule has 0 radical (unpaired) electrons. The van der Waals surface area contributed by atoms with Crippen molar-refractivity contribution >= 4 is 39.6 Å². The molecule has 182 valence electrons. The minimum absolute atomic E-state index is 0.0231. The van der Waals surface area contributed by atoms with Crippen molar-refractivity contribution in [3.8, 4) is 5.75 Å². The van der Waals surface area contributed by atoms with Crippen molar-refractivity contribution in [2.75, 3.05) is 12.8 Å². The molecule has 0 aliphatic heterocycles. The van der Waals surface area contributed by atoms with Gasteiger partial charge in [-0.1, -0.05) is 12.1 Å². The van der Waals surface area contributed by atoms with Crippen LogP contribution in [0.5, 0.6) is 5.75 Å². The standard InChI is InChI=1S/C21H24N4O8S/c1-25(17(19(28)29)12-18(26)27)34(31,32)10-9-13-3-2-4-16(11-13)33-20(30)14-5-7-15(8-6-14)24-21(22)23/h2-8,11,17H,9-10,12H2,1H3,(H,26,27)(H,28,29)(H4,22,23,24)/t17-/m0/s1. The van der Waals surface area contributed by atoms with Crippen LogP contribution in [0.1, 0.15) is 22.3 Å². The van der Waals surface area contributed by atoms with Gasteiger partial charge in [0, 0.05) is 7.05 Å². The second-order valence-electron chi connectivity index (χ2n) is 7.15. The van der Waals surface area contributed by atoms with Crippen molar-refractivity contribution in [3.05, 3.63) is 59.7 Å². The molecule has 2 aromatic rings. The summed E-state index contributed by atoms with van der Waals surface area (Å²) in [5.74, 6) is -4.07. The van der Waals surface area contributed by atoms with Gasteiger partial charge in [0.15, 0.2) is 5.96 Å². The van der Waals surface area contributed by atoms with E-state index in [1.165, 1.54) is 36.4 Å². The summed E-state index contributed by atoms with van der Waals surface area (Å²) in [5, 5.41) is 18.0. The van der Waals surface area contributed by atoms with Gasteiger partial charge >= 0.3 is 17.9 Å². The van der Waals surface area contributed by atoms with Crippen LogP contribution in [0.15, 0.2) is 53.5 Å². The molecule has 0 aromatic heterocycles. The molecule has 13 heteroatoms. The number of carboxylic acids is 2. The maximum absolute atomic E-state index is 12.5. The Kier molecular flexibility index (Phi) is 8.70. The number of likely N-dealkylation sites (N-methyl/N-ethyl adjacent to an activating group) is 1. The number of carbonyl (C=O) groups is 3. The van der Waals surface area contributed by atoms with Crippen LogP contribution in [-0.2, 0) is 26.0 Å². The zero-order valence-corrected chi connectivity index (χ0v) is 18.9. The lowest BCUT2D eigenvalue weighted by molar-refractivity contribution is -0.147. The molecule has 0 unspecified atom stereocenters. The largest absolute Gasteiger partial charge is 0.481 e. The van der Waals surface area contributed by atoms with E-state index in [1.807, 2.05) is 0 Å². The lowest BCUT2D eigenvalue weighted by Gasteiger charge is -2.23. The number of hydrogen-bond donors (Lipinski definition) is 4. The fourth-order valence-electron chi connectivity index (χ4n) is 2.87. The Hall–Kier alpha value is -3.97. The number of aliphatic imine (C=N–C) groups is 1. The minimum Gasteiger partial charge on any atom is -0.481 e. The highest BCUT2D eigenvalue weighted by atomic mass is 32.2. The summed E-state index contributed by atoms with van der Waals surface area (Å²) in [6.07, 6.45) is -0.895. The number of carbonyl (C=O) groups excluding carboxylic acids is 1. The van der Waals surface area contributed by atoms with Crippen molar-refractivity contribution < 1.29 is 37.8 Å². The molecule has 2 rings (SSSR count). The van der Waals surface area contributed by atoms with Gasteiger partial charge in [-0.05, 0) is 48.4 Å². The molecule has 34 heavy (non-hydrogen) atoms. The number of sulfonamides is 1. The topological polar surface area (TPSA) is 203 Å². The SMILES string of the molecule is CN([C@@H](CC(=O)O)C(=O)O)S(=O)(=O)CCc1cccc(OC(=O)c2ccc(N=C(N)N)cc2)c1. The predicted molar refractivity (Wildman–Crippen MR) is 122 cm³/mol. The van der Waals surface area contributed by atoms with E-state index in [2.05, 4.69) is 4.99 Å². The Morgan fingerprint density at radius 2 is 1.74 bits per heavy atom. The molecule has 0 bridgehead atoms. The molecule has 2 aromatic carbocycles. The van der Waals surface area contributed by atoms with Gasteiger partial charge in [-0.25, -0.2) is 18.2 Å². The first-order valence-corrected chi connectivity index (χ1v) is 11.4. The number of carboxylic acid groups (broad SMARTS) is 2. The summed E-state index contributed by atoms with van der Waals surface area (Å²) < 4.78 is 30.9. The van der Waals surface area contributed by atoms with Crippen LogP contribution >= 0.6 is 0 Å². The number of benzene rings is 2. The number of guanidine groups is 1. The fraction of sp³-hybridized carbons (Fsp3) is 0.238. The molecule has 6 N–H and O–H groups in total. The lowest BCUT2D eigenvalue weighted by atomic mass is 10.1. The fourth-order valence-corrected chi connectivity index (χ4v) is 4.21. The molecule has 0 fully saturated rings. The van der Waals surface area contributed by atoms with Crippen molar-refractivity contribution in [1.29, 1.82) is 0 Å². The zero-order chi connectivity index (χ0) is 25.5. The van der Waals surface area contributed by atoms with Gasteiger partial charge in [-0.15, -0.1) is 0 Å². The number of esters is 1. The first kappa shape index (κ1) is 26.3. The number of ether oxygens (including phenoxy) is 1. The predicted octanol–water partition coefficient (Wildman–Crippen LogP) is 0.543. The molecule has 0 aliphatic rings. The number of nitrogens with two attached hydrogens (primary N) is 2. The summed E-state index contributed by atoms with van der Waals surface area (Å²) in [6, 6.07) is 10.5. The van der Waals surface area contributed by atoms with Gasteiger partial charge in [0.05, 0.1) is 23.4 Å². The average molecular weight is 493 g/mol. The number of nitrogens with zero attached hydrogens (tertiary/aromatic N) is 2. The third kappa shape index (κ3) is 7.56. The van der Waals surface area contributed by atoms with Gasteiger partial charge in [-0.3, -0.25) is 9.59 Å². The van der Waals surface area contributed by atoms with Crippen LogP contribution in [0.25, 0.3) is 0 Å². The summed E-state index contributed by atoms with van der Waals surface area (Å²) in [7, 11) is -3.07. The number of hydrogen-bond acceptors (Lipinski definition) is 7. The van der Waals surface area contributed by atoms with Crippen molar-refractivity contribution in [2.24, 2.45) is 16.5 Å². The molecular weight excluding hydrogens is 468 g/mol. The smallest absolute Gasteiger partial charge is 0.343 e. The maximum atomic E-state index is 12.5. The van der Waals surface area contributed by atoms with Gasteiger partial charge in [0.1, 0.15) is 11.8 Å². The van der Waals surface area contributed by atoms with Crippen LogP contribution in [0.3, 0.4) is 0 Å². The van der Waals surface area contributed by atoms with Crippen LogP contribution < -0.4 is 16.2 Å². The molecule has 0 spiro atoms. The number of rotatable bonds is 11. The van der Waals surface area contributed by atoms with E-state index in [9.17, 15) is 27.9 Å². The number of aliphatic carboxylic acids is 2. The van der Waals surface area contributed by atoms with E-state index >= 15 is 0 Å². The van der Waals surface area contributed by atoms with Crippen LogP contribution in [0.2, 0.25) is 0 Å². The first-order valence-electron chi connectivity index (χ1n) is 9.80. The van der Waals surface area contributed by atoms with Crippen molar-refractivity contribution in [2.45, 2.75) is 18.9 Å². The summed E-state index contributed by atoms with van der Waals surface area (Å²) in [4.78, 5) is 38.4. The van der Waals surface area contributed by atoms with Gasteiger partial charge < -0.3 is 26.4 Å². The highest BCUT2D eigenvalue weighted by molar-refractivity contribution is 7.89. The van der Waals surface area contributed by atoms with Gasteiger partial charge in [-0.2, -0.15) is 4.31 Å². The Labute approximate surface area is 195 Å². The summed E-state index contributed by atoms with van der Waals surface area (Å²) in [5.41, 5.74) is 11.8. The van der Waals surface area contributed by atoms with Crippen molar-refractivity contribution in [1.82, 2.24) is 4.31 Å².